The first-order valence-electron chi connectivity index (χ1n) is 9.89. The number of amides is 2. The molecule has 3 rings (SSSR count). The summed E-state index contributed by atoms with van der Waals surface area (Å²) in [6.07, 6.45) is -2.96. The summed E-state index contributed by atoms with van der Waals surface area (Å²) in [5.41, 5.74) is 2.37. The molecular weight excluding hydrogens is 411 g/mol. The number of likely N-dealkylation sites (N-methyl/N-ethyl adjacent to an activating group) is 1. The van der Waals surface area contributed by atoms with Gasteiger partial charge in [-0.1, -0.05) is 18.2 Å². The topological polar surface area (TPSA) is 61.9 Å². The maximum Gasteiger partial charge on any atom is 0.573 e. The molecule has 1 heterocycles. The van der Waals surface area contributed by atoms with Crippen molar-refractivity contribution in [2.24, 2.45) is 0 Å². The van der Waals surface area contributed by atoms with Crippen LogP contribution in [0.5, 0.6) is 5.75 Å². The predicted octanol–water partition coefficient (Wildman–Crippen LogP) is 3.82. The summed E-state index contributed by atoms with van der Waals surface area (Å²) in [5, 5.41) is 2.61. The van der Waals surface area contributed by atoms with E-state index in [0.29, 0.717) is 12.2 Å². The van der Waals surface area contributed by atoms with Crippen LogP contribution in [0.1, 0.15) is 18.9 Å². The normalized spacial score (nSPS) is 14.7. The number of rotatable bonds is 6. The third-order valence-corrected chi connectivity index (χ3v) is 5.16. The predicted molar refractivity (Wildman–Crippen MR) is 111 cm³/mol. The average molecular weight is 435 g/mol. The van der Waals surface area contributed by atoms with E-state index in [0.717, 1.165) is 36.2 Å². The molecule has 0 aromatic heterocycles. The number of carbonyl (C=O) groups excluding carboxylic acids is 2. The molecule has 0 saturated carbocycles. The number of fused-ring (bicyclic) bond motifs is 1. The van der Waals surface area contributed by atoms with Crippen LogP contribution in [0.2, 0.25) is 0 Å². The van der Waals surface area contributed by atoms with E-state index in [2.05, 4.69) is 10.1 Å². The Kier molecular flexibility index (Phi) is 6.84. The van der Waals surface area contributed by atoms with Gasteiger partial charge in [0.05, 0.1) is 12.6 Å². The van der Waals surface area contributed by atoms with E-state index in [1.54, 1.807) is 23.8 Å². The number of alkyl halides is 3. The van der Waals surface area contributed by atoms with Crippen molar-refractivity contribution in [3.8, 4) is 5.75 Å². The van der Waals surface area contributed by atoms with Crippen LogP contribution in [0, 0.1) is 0 Å². The molecule has 9 heteroatoms. The standard InChI is InChI=1S/C22H24F3N3O3/c1-15(21(30)28-13-5-7-16-6-3-4-8-19(16)28)27(2)14-20(29)26-17-9-11-18(12-10-17)31-22(23,24)25/h3-4,6,8-12,15H,5,7,13-14H2,1-2H3,(H,26,29). The van der Waals surface area contributed by atoms with Crippen molar-refractivity contribution in [1.82, 2.24) is 4.90 Å². The summed E-state index contributed by atoms with van der Waals surface area (Å²) >= 11 is 0. The lowest BCUT2D eigenvalue weighted by molar-refractivity contribution is -0.274. The molecule has 1 unspecified atom stereocenters. The minimum atomic E-state index is -4.77. The molecule has 31 heavy (non-hydrogen) atoms. The van der Waals surface area contributed by atoms with Crippen LogP contribution in [-0.2, 0) is 16.0 Å². The molecule has 0 bridgehead atoms. The molecule has 6 nitrogen and oxygen atoms in total. The molecule has 0 aliphatic carbocycles. The molecule has 2 amide bonds. The summed E-state index contributed by atoms with van der Waals surface area (Å²) in [4.78, 5) is 28.8. The van der Waals surface area contributed by atoms with Crippen LogP contribution in [0.4, 0.5) is 24.5 Å². The van der Waals surface area contributed by atoms with Crippen LogP contribution in [0.3, 0.4) is 0 Å². The molecule has 1 aliphatic heterocycles. The fraction of sp³-hybridized carbons (Fsp3) is 0.364. The fourth-order valence-electron chi connectivity index (χ4n) is 3.48. The number of halogens is 3. The van der Waals surface area contributed by atoms with Crippen molar-refractivity contribution in [2.45, 2.75) is 32.2 Å². The highest BCUT2D eigenvalue weighted by Gasteiger charge is 2.31. The maximum atomic E-state index is 13.0. The first kappa shape index (κ1) is 22.6. The van der Waals surface area contributed by atoms with Gasteiger partial charge in [-0.15, -0.1) is 13.2 Å². The molecule has 0 spiro atoms. The van der Waals surface area contributed by atoms with Crippen LogP contribution in [0.25, 0.3) is 0 Å². The average Bonchev–Trinajstić information content (AvgIpc) is 2.72. The second kappa shape index (κ2) is 9.38. The molecule has 2 aromatic rings. The number of carbonyl (C=O) groups is 2. The van der Waals surface area contributed by atoms with Gasteiger partial charge in [0.1, 0.15) is 5.75 Å². The Hall–Kier alpha value is -3.07. The molecule has 1 N–H and O–H groups in total. The van der Waals surface area contributed by atoms with Gasteiger partial charge in [0, 0.05) is 17.9 Å². The molecule has 0 fully saturated rings. The molecule has 0 saturated heterocycles. The number of hydrogen-bond acceptors (Lipinski definition) is 4. The second-order valence-corrected chi connectivity index (χ2v) is 7.43. The van der Waals surface area contributed by atoms with Crippen molar-refractivity contribution in [3.05, 3.63) is 54.1 Å². The van der Waals surface area contributed by atoms with E-state index in [9.17, 15) is 22.8 Å². The Balaban J connectivity index is 1.56. The number of anilines is 2. The van der Waals surface area contributed by atoms with E-state index >= 15 is 0 Å². The third-order valence-electron chi connectivity index (χ3n) is 5.16. The van der Waals surface area contributed by atoms with Crippen molar-refractivity contribution in [3.63, 3.8) is 0 Å². The van der Waals surface area contributed by atoms with Crippen LogP contribution in [0.15, 0.2) is 48.5 Å². The second-order valence-electron chi connectivity index (χ2n) is 7.43. The van der Waals surface area contributed by atoms with Crippen molar-refractivity contribution in [2.75, 3.05) is 30.4 Å². The minimum absolute atomic E-state index is 0.0524. The first-order valence-corrected chi connectivity index (χ1v) is 9.89. The number of nitrogens with one attached hydrogen (secondary N) is 1. The molecule has 0 radical (unpaired) electrons. The minimum Gasteiger partial charge on any atom is -0.406 e. The summed E-state index contributed by atoms with van der Waals surface area (Å²) in [7, 11) is 1.68. The molecule has 2 aromatic carbocycles. The summed E-state index contributed by atoms with van der Waals surface area (Å²) in [5.74, 6) is -0.842. The molecule has 1 aliphatic rings. The van der Waals surface area contributed by atoms with E-state index in [1.165, 1.54) is 12.1 Å². The zero-order valence-corrected chi connectivity index (χ0v) is 17.3. The number of hydrogen-bond donors (Lipinski definition) is 1. The Morgan fingerprint density at radius 2 is 1.84 bits per heavy atom. The molecule has 166 valence electrons. The van der Waals surface area contributed by atoms with Gasteiger partial charge in [0.2, 0.25) is 11.8 Å². The van der Waals surface area contributed by atoms with Crippen LogP contribution < -0.4 is 15.0 Å². The lowest BCUT2D eigenvalue weighted by Crippen LogP contribution is -2.49. The van der Waals surface area contributed by atoms with E-state index < -0.39 is 12.4 Å². The van der Waals surface area contributed by atoms with Gasteiger partial charge in [-0.2, -0.15) is 0 Å². The Labute approximate surface area is 178 Å². The van der Waals surface area contributed by atoms with Gasteiger partial charge in [-0.05, 0) is 62.7 Å². The largest absolute Gasteiger partial charge is 0.573 e. The van der Waals surface area contributed by atoms with Crippen molar-refractivity contribution in [1.29, 1.82) is 0 Å². The smallest absolute Gasteiger partial charge is 0.406 e. The summed E-state index contributed by atoms with van der Waals surface area (Å²) in [6.45, 7) is 2.33. The van der Waals surface area contributed by atoms with E-state index in [-0.39, 0.29) is 24.1 Å². The SMILES string of the molecule is CC(C(=O)N1CCCc2ccccc21)N(C)CC(=O)Nc1ccc(OC(F)(F)F)cc1. The van der Waals surface area contributed by atoms with Gasteiger partial charge >= 0.3 is 6.36 Å². The highest BCUT2D eigenvalue weighted by atomic mass is 19.4. The summed E-state index contributed by atoms with van der Waals surface area (Å²) < 4.78 is 40.5. The molecule has 1 atom stereocenters. The fourth-order valence-corrected chi connectivity index (χ4v) is 3.48. The van der Waals surface area contributed by atoms with Gasteiger partial charge in [0.15, 0.2) is 0 Å². The van der Waals surface area contributed by atoms with E-state index in [4.69, 9.17) is 0 Å². The molecular formula is C22H24F3N3O3. The monoisotopic (exact) mass is 435 g/mol. The highest BCUT2D eigenvalue weighted by Crippen LogP contribution is 2.28. The summed E-state index contributed by atoms with van der Waals surface area (Å²) in [6, 6.07) is 12.1. The highest BCUT2D eigenvalue weighted by molar-refractivity contribution is 5.98. The Morgan fingerprint density at radius 3 is 2.52 bits per heavy atom. The van der Waals surface area contributed by atoms with E-state index in [1.807, 2.05) is 24.3 Å². The Bertz CT molecular complexity index is 932. The van der Waals surface area contributed by atoms with Gasteiger partial charge in [-0.3, -0.25) is 14.5 Å². The zero-order valence-electron chi connectivity index (χ0n) is 17.3. The number of ether oxygens (including phenoxy) is 1. The quantitative estimate of drug-likeness (QED) is 0.750. The van der Waals surface area contributed by atoms with Crippen LogP contribution in [-0.4, -0.2) is 49.3 Å². The first-order chi connectivity index (χ1) is 14.6. The number of aryl methyl sites for hydroxylation is 1. The lowest BCUT2D eigenvalue weighted by Gasteiger charge is -2.34. The van der Waals surface area contributed by atoms with Gasteiger partial charge in [0.25, 0.3) is 0 Å². The Morgan fingerprint density at radius 1 is 1.16 bits per heavy atom. The number of para-hydroxylation sites is 1. The van der Waals surface area contributed by atoms with Crippen LogP contribution >= 0.6 is 0 Å². The number of benzene rings is 2. The van der Waals surface area contributed by atoms with Gasteiger partial charge in [-0.25, -0.2) is 0 Å². The van der Waals surface area contributed by atoms with Crippen molar-refractivity contribution >= 4 is 23.2 Å². The number of nitrogens with zero attached hydrogens (tertiary/aromatic N) is 2. The zero-order chi connectivity index (χ0) is 22.6. The van der Waals surface area contributed by atoms with Crippen molar-refractivity contribution < 1.29 is 27.5 Å². The third kappa shape index (κ3) is 5.97. The maximum absolute atomic E-state index is 13.0. The lowest BCUT2D eigenvalue weighted by atomic mass is 10.0. The van der Waals surface area contributed by atoms with Gasteiger partial charge < -0.3 is 15.0 Å².